The quantitative estimate of drug-likeness (QED) is 0.401. The first-order valence-electron chi connectivity index (χ1n) is 12.7. The first-order valence-corrected chi connectivity index (χ1v) is 14.1. The Morgan fingerprint density at radius 2 is 1.62 bits per heavy atom. The van der Waals surface area contributed by atoms with Crippen LogP contribution in [0.5, 0.6) is 0 Å². The second-order valence-electron chi connectivity index (χ2n) is 9.52. The first-order chi connectivity index (χ1) is 17.6. The van der Waals surface area contributed by atoms with Crippen molar-refractivity contribution in [2.24, 2.45) is 0 Å². The van der Waals surface area contributed by atoms with Gasteiger partial charge >= 0.3 is 0 Å². The Morgan fingerprint density at radius 3 is 2.27 bits per heavy atom. The normalized spacial score (nSPS) is 13.4. The lowest BCUT2D eigenvalue weighted by atomic mass is 10.1. The SMILES string of the molecule is CC[C@@H](C)NC(=O)[C@H](CC)N(Cc1cccc(C)c1)C(=O)CN(C)S(=O)(=O)c1ccc2ccccc2c1. The van der Waals surface area contributed by atoms with Gasteiger partial charge in [-0.2, -0.15) is 4.31 Å². The van der Waals surface area contributed by atoms with Crippen molar-refractivity contribution < 1.29 is 18.0 Å². The van der Waals surface area contributed by atoms with Gasteiger partial charge in [0.15, 0.2) is 0 Å². The molecule has 3 aromatic carbocycles. The van der Waals surface area contributed by atoms with E-state index in [0.29, 0.717) is 6.42 Å². The molecule has 3 rings (SSSR count). The lowest BCUT2D eigenvalue weighted by molar-refractivity contribution is -0.141. The summed E-state index contributed by atoms with van der Waals surface area (Å²) in [6.45, 7) is 7.54. The fraction of sp³-hybridized carbons (Fsp3) is 0.379. The highest BCUT2D eigenvalue weighted by molar-refractivity contribution is 7.89. The van der Waals surface area contributed by atoms with Crippen molar-refractivity contribution in [3.8, 4) is 0 Å². The topological polar surface area (TPSA) is 86.8 Å². The van der Waals surface area contributed by atoms with Crippen molar-refractivity contribution in [1.29, 1.82) is 0 Å². The Labute approximate surface area is 220 Å². The van der Waals surface area contributed by atoms with Gasteiger partial charge in [0.1, 0.15) is 6.04 Å². The molecule has 198 valence electrons. The maximum Gasteiger partial charge on any atom is 0.243 e. The summed E-state index contributed by atoms with van der Waals surface area (Å²) in [6.07, 6.45) is 1.17. The molecule has 0 spiro atoms. The lowest BCUT2D eigenvalue weighted by Crippen LogP contribution is -2.53. The molecule has 0 fully saturated rings. The summed E-state index contributed by atoms with van der Waals surface area (Å²) in [5.41, 5.74) is 1.92. The van der Waals surface area contributed by atoms with Crippen LogP contribution in [-0.2, 0) is 26.2 Å². The summed E-state index contributed by atoms with van der Waals surface area (Å²) in [5.74, 6) is -0.669. The number of rotatable bonds is 11. The van der Waals surface area contributed by atoms with Crippen LogP contribution in [0.2, 0.25) is 0 Å². The van der Waals surface area contributed by atoms with Gasteiger partial charge in [0.05, 0.1) is 11.4 Å². The number of aryl methyl sites for hydroxylation is 1. The van der Waals surface area contributed by atoms with Crippen molar-refractivity contribution in [3.05, 3.63) is 77.9 Å². The number of fused-ring (bicyclic) bond motifs is 1. The molecular formula is C29H37N3O4S. The molecule has 8 heteroatoms. The fourth-order valence-electron chi connectivity index (χ4n) is 4.24. The third-order valence-electron chi connectivity index (χ3n) is 6.61. The minimum absolute atomic E-state index is 0.0339. The summed E-state index contributed by atoms with van der Waals surface area (Å²) < 4.78 is 27.8. The predicted molar refractivity (Wildman–Crippen MR) is 147 cm³/mol. The van der Waals surface area contributed by atoms with E-state index in [4.69, 9.17) is 0 Å². The van der Waals surface area contributed by atoms with Crippen molar-refractivity contribution in [2.45, 2.75) is 64.1 Å². The smallest absolute Gasteiger partial charge is 0.243 e. The third kappa shape index (κ3) is 6.96. The highest BCUT2D eigenvalue weighted by Crippen LogP contribution is 2.22. The molecule has 0 saturated carbocycles. The number of nitrogens with one attached hydrogen (secondary N) is 1. The van der Waals surface area contributed by atoms with E-state index in [1.165, 1.54) is 11.9 Å². The summed E-state index contributed by atoms with van der Waals surface area (Å²) >= 11 is 0. The number of likely N-dealkylation sites (N-methyl/N-ethyl adjacent to an activating group) is 1. The summed E-state index contributed by atoms with van der Waals surface area (Å²) in [4.78, 5) is 28.4. The number of carbonyl (C=O) groups excluding carboxylic acids is 2. The Kier molecular flexibility index (Phi) is 9.45. The summed E-state index contributed by atoms with van der Waals surface area (Å²) in [6, 6.07) is 19.4. The molecule has 0 aliphatic carbocycles. The van der Waals surface area contributed by atoms with Crippen LogP contribution in [0.1, 0.15) is 44.7 Å². The van der Waals surface area contributed by atoms with Crippen LogP contribution in [-0.4, -0.2) is 55.1 Å². The molecule has 7 nitrogen and oxygen atoms in total. The Balaban J connectivity index is 1.88. The van der Waals surface area contributed by atoms with Crippen molar-refractivity contribution in [3.63, 3.8) is 0 Å². The van der Waals surface area contributed by atoms with E-state index in [-0.39, 0.29) is 29.9 Å². The Morgan fingerprint density at radius 1 is 0.919 bits per heavy atom. The molecule has 0 radical (unpaired) electrons. The highest BCUT2D eigenvalue weighted by atomic mass is 32.2. The standard InChI is InChI=1S/C29H37N3O4S/c1-6-22(4)30-29(34)27(7-2)32(19-23-12-10-11-21(3)17-23)28(33)20-31(5)37(35,36)26-16-15-24-13-8-9-14-25(24)18-26/h8-18,22,27H,6-7,19-20H2,1-5H3,(H,30,34)/t22-,27+/m1/s1. The van der Waals surface area contributed by atoms with Gasteiger partial charge in [-0.05, 0) is 55.2 Å². The number of nitrogens with zero attached hydrogens (tertiary/aromatic N) is 2. The molecule has 2 amide bonds. The fourth-order valence-corrected chi connectivity index (χ4v) is 5.40. The number of hydrogen-bond acceptors (Lipinski definition) is 4. The van der Waals surface area contributed by atoms with Crippen LogP contribution in [0.15, 0.2) is 71.6 Å². The van der Waals surface area contributed by atoms with Gasteiger partial charge in [-0.3, -0.25) is 9.59 Å². The number of carbonyl (C=O) groups is 2. The van der Waals surface area contributed by atoms with Gasteiger partial charge in [0, 0.05) is 19.6 Å². The first kappa shape index (κ1) is 28.3. The third-order valence-corrected chi connectivity index (χ3v) is 8.41. The van der Waals surface area contributed by atoms with E-state index >= 15 is 0 Å². The number of benzene rings is 3. The molecule has 0 unspecified atom stereocenters. The number of sulfonamides is 1. The molecule has 0 aliphatic heterocycles. The van der Waals surface area contributed by atoms with Gasteiger partial charge < -0.3 is 10.2 Å². The van der Waals surface area contributed by atoms with Crippen molar-refractivity contribution in [2.75, 3.05) is 13.6 Å². The van der Waals surface area contributed by atoms with E-state index in [9.17, 15) is 18.0 Å². The summed E-state index contributed by atoms with van der Waals surface area (Å²) in [5, 5.41) is 4.71. The molecule has 0 saturated heterocycles. The zero-order valence-electron chi connectivity index (χ0n) is 22.3. The van der Waals surface area contributed by atoms with E-state index in [1.54, 1.807) is 18.2 Å². The monoisotopic (exact) mass is 523 g/mol. The Hall–Kier alpha value is -3.23. The zero-order chi connectivity index (χ0) is 27.2. The van der Waals surface area contributed by atoms with E-state index in [2.05, 4.69) is 5.32 Å². The van der Waals surface area contributed by atoms with Gasteiger partial charge in [0.25, 0.3) is 0 Å². The van der Waals surface area contributed by atoms with Crippen LogP contribution in [0, 0.1) is 6.92 Å². The average Bonchev–Trinajstić information content (AvgIpc) is 2.88. The highest BCUT2D eigenvalue weighted by Gasteiger charge is 2.32. The molecule has 0 bridgehead atoms. The molecule has 0 aliphatic rings. The van der Waals surface area contributed by atoms with Gasteiger partial charge in [-0.25, -0.2) is 8.42 Å². The van der Waals surface area contributed by atoms with Crippen molar-refractivity contribution in [1.82, 2.24) is 14.5 Å². The molecule has 37 heavy (non-hydrogen) atoms. The van der Waals surface area contributed by atoms with Crippen LogP contribution in [0.4, 0.5) is 0 Å². The summed E-state index contributed by atoms with van der Waals surface area (Å²) in [7, 11) is -2.53. The molecule has 0 heterocycles. The molecule has 3 aromatic rings. The zero-order valence-corrected chi connectivity index (χ0v) is 23.1. The minimum atomic E-state index is -3.93. The van der Waals surface area contributed by atoms with Gasteiger partial charge in [-0.1, -0.05) is 74.0 Å². The van der Waals surface area contributed by atoms with Gasteiger partial charge in [0.2, 0.25) is 21.8 Å². The lowest BCUT2D eigenvalue weighted by Gasteiger charge is -2.32. The van der Waals surface area contributed by atoms with Crippen LogP contribution < -0.4 is 5.32 Å². The molecule has 0 aromatic heterocycles. The molecule has 2 atom stereocenters. The molecule has 1 N–H and O–H groups in total. The number of hydrogen-bond donors (Lipinski definition) is 1. The average molecular weight is 524 g/mol. The second kappa shape index (κ2) is 12.3. The van der Waals surface area contributed by atoms with E-state index in [0.717, 1.165) is 32.6 Å². The van der Waals surface area contributed by atoms with E-state index in [1.807, 2.05) is 76.2 Å². The number of amides is 2. The maximum absolute atomic E-state index is 13.6. The van der Waals surface area contributed by atoms with Crippen LogP contribution in [0.3, 0.4) is 0 Å². The largest absolute Gasteiger partial charge is 0.352 e. The van der Waals surface area contributed by atoms with E-state index < -0.39 is 22.0 Å². The van der Waals surface area contributed by atoms with Crippen molar-refractivity contribution >= 4 is 32.6 Å². The predicted octanol–water partition coefficient (Wildman–Crippen LogP) is 4.49. The Bertz CT molecular complexity index is 1360. The van der Waals surface area contributed by atoms with Crippen LogP contribution in [0.25, 0.3) is 10.8 Å². The maximum atomic E-state index is 13.6. The second-order valence-corrected chi connectivity index (χ2v) is 11.6. The van der Waals surface area contributed by atoms with Gasteiger partial charge in [-0.15, -0.1) is 0 Å². The minimum Gasteiger partial charge on any atom is -0.352 e. The molecular weight excluding hydrogens is 486 g/mol. The van der Waals surface area contributed by atoms with Crippen LogP contribution >= 0.6 is 0 Å².